The molecule has 0 saturated carbocycles. The first kappa shape index (κ1) is 11.2. The van der Waals surface area contributed by atoms with Gasteiger partial charge in [0.15, 0.2) is 0 Å². The topological polar surface area (TPSA) is 12.5 Å². The van der Waals surface area contributed by atoms with Crippen LogP contribution in [0, 0.1) is 5.92 Å². The fourth-order valence-electron chi connectivity index (χ4n) is 1.83. The molecule has 0 aromatic heterocycles. The van der Waals surface area contributed by atoms with Crippen LogP contribution in [0.5, 0.6) is 0 Å². The number of nitrogens with zero attached hydrogens (tertiary/aromatic N) is 1. The SMILES string of the molecule is CC(C)[C@@H]1C=C[C@H](C)N(c2ccccc2)O1. The normalized spacial score (nSPS) is 25.1. The predicted molar refractivity (Wildman–Crippen MR) is 67.2 cm³/mol. The summed E-state index contributed by atoms with van der Waals surface area (Å²) in [5, 5.41) is 1.99. The van der Waals surface area contributed by atoms with Crippen molar-refractivity contribution in [2.75, 3.05) is 5.06 Å². The van der Waals surface area contributed by atoms with E-state index in [9.17, 15) is 0 Å². The minimum absolute atomic E-state index is 0.177. The zero-order chi connectivity index (χ0) is 11.5. The summed E-state index contributed by atoms with van der Waals surface area (Å²) < 4.78 is 0. The first-order chi connectivity index (χ1) is 7.68. The molecule has 1 aromatic carbocycles. The van der Waals surface area contributed by atoms with Crippen molar-refractivity contribution in [3.63, 3.8) is 0 Å². The van der Waals surface area contributed by atoms with Crippen molar-refractivity contribution in [1.29, 1.82) is 0 Å². The Hall–Kier alpha value is -1.28. The van der Waals surface area contributed by atoms with Gasteiger partial charge in [0.2, 0.25) is 0 Å². The van der Waals surface area contributed by atoms with Gasteiger partial charge in [0, 0.05) is 0 Å². The van der Waals surface area contributed by atoms with Gasteiger partial charge in [-0.3, -0.25) is 4.84 Å². The Balaban J connectivity index is 2.19. The maximum atomic E-state index is 5.99. The summed E-state index contributed by atoms with van der Waals surface area (Å²) in [4.78, 5) is 5.99. The van der Waals surface area contributed by atoms with Crippen molar-refractivity contribution in [2.45, 2.75) is 32.9 Å². The molecule has 0 unspecified atom stereocenters. The Morgan fingerprint density at radius 3 is 2.44 bits per heavy atom. The fourth-order valence-corrected chi connectivity index (χ4v) is 1.83. The van der Waals surface area contributed by atoms with E-state index in [1.165, 1.54) is 0 Å². The smallest absolute Gasteiger partial charge is 0.106 e. The van der Waals surface area contributed by atoms with Gasteiger partial charge in [-0.05, 0) is 25.0 Å². The van der Waals surface area contributed by atoms with E-state index in [1.807, 2.05) is 23.3 Å². The molecule has 2 atom stereocenters. The van der Waals surface area contributed by atoms with E-state index in [1.54, 1.807) is 0 Å². The van der Waals surface area contributed by atoms with Crippen LogP contribution in [0.25, 0.3) is 0 Å². The standard InChI is InChI=1S/C14H19NO/c1-11(2)14-10-9-12(3)15(16-14)13-7-5-4-6-8-13/h4-12,14H,1-3H3/t12-,14-/m0/s1. The Bertz CT molecular complexity index is 358. The number of benzene rings is 1. The minimum Gasteiger partial charge on any atom is -0.265 e. The molecular weight excluding hydrogens is 198 g/mol. The first-order valence-corrected chi connectivity index (χ1v) is 5.88. The second-order valence-corrected chi connectivity index (χ2v) is 4.60. The average Bonchev–Trinajstić information content (AvgIpc) is 2.30. The van der Waals surface area contributed by atoms with Crippen molar-refractivity contribution in [3.8, 4) is 0 Å². The number of hydrogen-bond acceptors (Lipinski definition) is 2. The van der Waals surface area contributed by atoms with Crippen LogP contribution in [0.1, 0.15) is 20.8 Å². The maximum Gasteiger partial charge on any atom is 0.106 e. The lowest BCUT2D eigenvalue weighted by Crippen LogP contribution is -2.40. The van der Waals surface area contributed by atoms with Gasteiger partial charge in [-0.2, -0.15) is 0 Å². The summed E-state index contributed by atoms with van der Waals surface area (Å²) in [7, 11) is 0. The molecular formula is C14H19NO. The molecule has 16 heavy (non-hydrogen) atoms. The third-order valence-electron chi connectivity index (χ3n) is 2.85. The van der Waals surface area contributed by atoms with Gasteiger partial charge in [-0.25, -0.2) is 5.06 Å². The maximum absolute atomic E-state index is 5.99. The molecule has 86 valence electrons. The van der Waals surface area contributed by atoms with E-state index in [0.29, 0.717) is 5.92 Å². The first-order valence-electron chi connectivity index (χ1n) is 5.88. The van der Waals surface area contributed by atoms with Gasteiger partial charge in [-0.1, -0.05) is 44.2 Å². The lowest BCUT2D eigenvalue weighted by Gasteiger charge is -2.36. The monoisotopic (exact) mass is 217 g/mol. The Labute approximate surface area is 97.5 Å². The van der Waals surface area contributed by atoms with Crippen LogP contribution in [0.15, 0.2) is 42.5 Å². The molecule has 2 rings (SSSR count). The summed E-state index contributed by atoms with van der Waals surface area (Å²) in [6, 6.07) is 10.5. The van der Waals surface area contributed by atoms with Crippen LogP contribution >= 0.6 is 0 Å². The number of anilines is 1. The Morgan fingerprint density at radius 2 is 1.81 bits per heavy atom. The van der Waals surface area contributed by atoms with Gasteiger partial charge in [0.25, 0.3) is 0 Å². The molecule has 1 aliphatic rings. The lowest BCUT2D eigenvalue weighted by atomic mass is 10.0. The largest absolute Gasteiger partial charge is 0.265 e. The third kappa shape index (κ3) is 2.27. The van der Waals surface area contributed by atoms with E-state index in [2.05, 4.69) is 45.1 Å². The summed E-state index contributed by atoms with van der Waals surface area (Å²) in [6.45, 7) is 6.49. The van der Waals surface area contributed by atoms with Crippen molar-refractivity contribution >= 4 is 5.69 Å². The third-order valence-corrected chi connectivity index (χ3v) is 2.85. The predicted octanol–water partition coefficient (Wildman–Crippen LogP) is 3.41. The molecule has 0 aliphatic carbocycles. The van der Waals surface area contributed by atoms with Gasteiger partial charge < -0.3 is 0 Å². The highest BCUT2D eigenvalue weighted by Gasteiger charge is 2.23. The van der Waals surface area contributed by atoms with Crippen LogP contribution in [0.4, 0.5) is 5.69 Å². The molecule has 0 N–H and O–H groups in total. The molecule has 0 bridgehead atoms. The summed E-state index contributed by atoms with van der Waals surface area (Å²) in [6.07, 6.45) is 4.55. The fraction of sp³-hybridized carbons (Fsp3) is 0.429. The summed E-state index contributed by atoms with van der Waals surface area (Å²) in [5.74, 6) is 0.495. The highest BCUT2D eigenvalue weighted by Crippen LogP contribution is 2.25. The molecule has 0 radical (unpaired) electrons. The van der Waals surface area contributed by atoms with Gasteiger partial charge >= 0.3 is 0 Å². The van der Waals surface area contributed by atoms with Crippen LogP contribution in [0.3, 0.4) is 0 Å². The Morgan fingerprint density at radius 1 is 1.12 bits per heavy atom. The molecule has 2 heteroatoms. The number of rotatable bonds is 2. The van der Waals surface area contributed by atoms with E-state index in [-0.39, 0.29) is 12.1 Å². The van der Waals surface area contributed by atoms with E-state index in [0.717, 1.165) is 5.69 Å². The second-order valence-electron chi connectivity index (χ2n) is 4.60. The molecule has 1 aromatic rings. The van der Waals surface area contributed by atoms with Crippen molar-refractivity contribution < 1.29 is 4.84 Å². The molecule has 0 spiro atoms. The Kier molecular flexibility index (Phi) is 3.30. The van der Waals surface area contributed by atoms with Gasteiger partial charge in [-0.15, -0.1) is 0 Å². The van der Waals surface area contributed by atoms with Gasteiger partial charge in [0.1, 0.15) is 6.10 Å². The van der Waals surface area contributed by atoms with E-state index >= 15 is 0 Å². The molecule has 1 aliphatic heterocycles. The molecule has 2 nitrogen and oxygen atoms in total. The minimum atomic E-state index is 0.177. The van der Waals surface area contributed by atoms with Crippen molar-refractivity contribution in [1.82, 2.24) is 0 Å². The lowest BCUT2D eigenvalue weighted by molar-refractivity contribution is 0.0184. The summed E-state index contributed by atoms with van der Waals surface area (Å²) >= 11 is 0. The molecule has 0 saturated heterocycles. The quantitative estimate of drug-likeness (QED) is 0.704. The van der Waals surface area contributed by atoms with E-state index < -0.39 is 0 Å². The van der Waals surface area contributed by atoms with Crippen LogP contribution in [0.2, 0.25) is 0 Å². The van der Waals surface area contributed by atoms with Gasteiger partial charge in [0.05, 0.1) is 11.7 Å². The zero-order valence-electron chi connectivity index (χ0n) is 10.1. The highest BCUT2D eigenvalue weighted by atomic mass is 16.7. The average molecular weight is 217 g/mol. The van der Waals surface area contributed by atoms with Crippen molar-refractivity contribution in [2.24, 2.45) is 5.92 Å². The van der Waals surface area contributed by atoms with Crippen molar-refractivity contribution in [3.05, 3.63) is 42.5 Å². The number of hydroxylamine groups is 1. The second kappa shape index (κ2) is 4.71. The van der Waals surface area contributed by atoms with E-state index in [4.69, 9.17) is 4.84 Å². The van der Waals surface area contributed by atoms with Crippen LogP contribution in [-0.4, -0.2) is 12.1 Å². The molecule has 1 heterocycles. The molecule has 0 fully saturated rings. The molecule has 0 amide bonds. The highest BCUT2D eigenvalue weighted by molar-refractivity contribution is 5.45. The van der Waals surface area contributed by atoms with Crippen LogP contribution < -0.4 is 5.06 Å². The number of para-hydroxylation sites is 1. The zero-order valence-corrected chi connectivity index (χ0v) is 10.1. The summed E-state index contributed by atoms with van der Waals surface area (Å²) in [5.41, 5.74) is 1.12. The number of hydrogen-bond donors (Lipinski definition) is 0. The van der Waals surface area contributed by atoms with Crippen LogP contribution in [-0.2, 0) is 4.84 Å².